The largest absolute Gasteiger partial charge is 0.455 e. The number of fused-ring (bicyclic) bond motifs is 10. The van der Waals surface area contributed by atoms with Crippen molar-refractivity contribution in [2.45, 2.75) is 113 Å². The first-order valence-corrected chi connectivity index (χ1v) is 27.4. The highest BCUT2D eigenvalue weighted by Gasteiger charge is 2.45. The molecule has 2 aliphatic rings. The molecule has 2 aromatic heterocycles. The second-order valence-electron chi connectivity index (χ2n) is 25.4. The fourth-order valence-electron chi connectivity index (χ4n) is 13.1. The van der Waals surface area contributed by atoms with Gasteiger partial charge in [-0.2, -0.15) is 0 Å². The molecule has 4 nitrogen and oxygen atoms in total. The fraction of sp³-hybridized carbons (Fsp3) is 0.239. The van der Waals surface area contributed by atoms with Gasteiger partial charge in [0.15, 0.2) is 0 Å². The van der Waals surface area contributed by atoms with E-state index in [2.05, 4.69) is 269 Å². The monoisotopic (exact) mass is 990 g/mol. The molecule has 0 atom stereocenters. The molecule has 0 spiro atoms. The first-order valence-electron chi connectivity index (χ1n) is 27.4. The van der Waals surface area contributed by atoms with E-state index in [1.807, 2.05) is 0 Å². The lowest BCUT2D eigenvalue weighted by Gasteiger charge is -2.46. The Labute approximate surface area is 449 Å². The van der Waals surface area contributed by atoms with Crippen LogP contribution in [0, 0.1) is 34.6 Å². The van der Waals surface area contributed by atoms with Crippen molar-refractivity contribution >= 4 is 101 Å². The van der Waals surface area contributed by atoms with Crippen molar-refractivity contribution in [1.82, 2.24) is 4.57 Å². The minimum atomic E-state index is -0.0776. The minimum absolute atomic E-state index is 0.00500. The highest BCUT2D eigenvalue weighted by atomic mass is 16.3. The number of nitrogens with zero attached hydrogens (tertiary/aromatic N) is 3. The summed E-state index contributed by atoms with van der Waals surface area (Å²) in [6, 6.07) is 60.3. The van der Waals surface area contributed by atoms with Crippen molar-refractivity contribution in [3.8, 4) is 16.8 Å². The standard InChI is InChI=1S/C71H68BN3O/c1-41-31-62-65-63(32-41)75(67-44(4)35-49(36-45(67)5)71(12,13)14)61-40-60-55(52-29-27-48(70(9,10)11)38-59(52)73(60)50-21-16-15-17-22-50)39-57(61)72(65)56-37-47(69(6,7)8)28-30-58(56)74(62)66-42(2)33-46(34-43(66)3)51-24-20-25-54-53-23-18-19-26-64(53)76-68(51)54/h15-40H,1-14H3. The molecular formula is C71H68BN3O. The van der Waals surface area contributed by atoms with E-state index in [1.165, 1.54) is 117 Å². The number of benzene rings is 9. The third kappa shape index (κ3) is 7.25. The topological polar surface area (TPSA) is 24.6 Å². The zero-order chi connectivity index (χ0) is 53.1. The van der Waals surface area contributed by atoms with Gasteiger partial charge in [-0.25, -0.2) is 0 Å². The van der Waals surface area contributed by atoms with Crippen LogP contribution >= 0.6 is 0 Å². The molecule has 13 rings (SSSR count). The van der Waals surface area contributed by atoms with Gasteiger partial charge in [0, 0.05) is 55.5 Å². The predicted octanol–water partition coefficient (Wildman–Crippen LogP) is 17.9. The van der Waals surface area contributed by atoms with Crippen LogP contribution in [0.25, 0.3) is 60.6 Å². The summed E-state index contributed by atoms with van der Waals surface area (Å²) in [6.07, 6.45) is 0. The molecule has 11 aromatic rings. The Bertz CT molecular complexity index is 4200. The highest BCUT2D eigenvalue weighted by Crippen LogP contribution is 2.50. The molecule has 4 heterocycles. The van der Waals surface area contributed by atoms with Crippen LogP contribution in [-0.2, 0) is 16.2 Å². The number of rotatable bonds is 4. The fourth-order valence-corrected chi connectivity index (χ4v) is 13.1. The maximum Gasteiger partial charge on any atom is 0.252 e. The van der Waals surface area contributed by atoms with Crippen molar-refractivity contribution in [1.29, 1.82) is 0 Å². The summed E-state index contributed by atoms with van der Waals surface area (Å²) in [4.78, 5) is 5.29. The number of anilines is 6. The lowest BCUT2D eigenvalue weighted by molar-refractivity contribution is 0.589. The summed E-state index contributed by atoms with van der Waals surface area (Å²) in [5.41, 5.74) is 29.2. The molecule has 0 fully saturated rings. The maximum absolute atomic E-state index is 6.64. The first kappa shape index (κ1) is 47.9. The predicted molar refractivity (Wildman–Crippen MR) is 327 cm³/mol. The van der Waals surface area contributed by atoms with E-state index in [0.717, 1.165) is 38.8 Å². The zero-order valence-electron chi connectivity index (χ0n) is 46.8. The van der Waals surface area contributed by atoms with Gasteiger partial charge in [-0.05, 0) is 178 Å². The Morgan fingerprint density at radius 3 is 1.62 bits per heavy atom. The summed E-state index contributed by atoms with van der Waals surface area (Å²) in [7, 11) is 0. The Balaban J connectivity index is 1.13. The van der Waals surface area contributed by atoms with Crippen molar-refractivity contribution in [3.63, 3.8) is 0 Å². The van der Waals surface area contributed by atoms with Gasteiger partial charge in [0.05, 0.1) is 22.4 Å². The number of hydrogen-bond donors (Lipinski definition) is 0. The van der Waals surface area contributed by atoms with Gasteiger partial charge < -0.3 is 18.8 Å². The molecule has 376 valence electrons. The summed E-state index contributed by atoms with van der Waals surface area (Å²) in [5, 5.41) is 4.82. The normalized spacial score (nSPS) is 13.6. The molecule has 0 unspecified atom stereocenters. The number of aromatic nitrogens is 1. The average Bonchev–Trinajstić information content (AvgIpc) is 4.07. The zero-order valence-corrected chi connectivity index (χ0v) is 46.8. The van der Waals surface area contributed by atoms with E-state index in [-0.39, 0.29) is 23.0 Å². The SMILES string of the molecule is Cc1cc2c3c(c1)N(c1c(C)cc(C(C)(C)C)cc1C)c1cc4c(cc1B3c1cc(C(C)(C)C)ccc1N2c1c(C)cc(-c2cccc3c2oc2ccccc23)cc1C)c1ccc(C(C)(C)C)cc1n4-c1ccccc1. The second kappa shape index (κ2) is 16.6. The van der Waals surface area contributed by atoms with E-state index < -0.39 is 0 Å². The molecule has 0 saturated carbocycles. The van der Waals surface area contributed by atoms with E-state index in [9.17, 15) is 0 Å². The third-order valence-electron chi connectivity index (χ3n) is 16.9. The number of para-hydroxylation sites is 3. The van der Waals surface area contributed by atoms with Gasteiger partial charge in [-0.15, -0.1) is 0 Å². The molecule has 9 aromatic carbocycles. The van der Waals surface area contributed by atoms with Crippen LogP contribution in [0.1, 0.15) is 107 Å². The lowest BCUT2D eigenvalue weighted by atomic mass is 9.33. The number of furan rings is 1. The molecule has 0 saturated heterocycles. The molecule has 0 radical (unpaired) electrons. The van der Waals surface area contributed by atoms with Crippen LogP contribution < -0.4 is 26.2 Å². The van der Waals surface area contributed by atoms with Crippen LogP contribution in [0.2, 0.25) is 0 Å². The Morgan fingerprint density at radius 1 is 0.408 bits per heavy atom. The summed E-state index contributed by atoms with van der Waals surface area (Å²) in [6.45, 7) is 32.5. The van der Waals surface area contributed by atoms with Crippen LogP contribution in [0.5, 0.6) is 0 Å². The molecule has 0 bridgehead atoms. The molecule has 2 aliphatic heterocycles. The Kier molecular flexibility index (Phi) is 10.5. The molecule has 0 amide bonds. The summed E-state index contributed by atoms with van der Waals surface area (Å²) < 4.78 is 9.17. The van der Waals surface area contributed by atoms with Gasteiger partial charge in [-0.1, -0.05) is 159 Å². The first-order chi connectivity index (χ1) is 36.2. The van der Waals surface area contributed by atoms with E-state index in [4.69, 9.17) is 4.42 Å². The highest BCUT2D eigenvalue weighted by molar-refractivity contribution is 7.00. The molecule has 0 aliphatic carbocycles. The van der Waals surface area contributed by atoms with Crippen molar-refractivity contribution in [3.05, 3.63) is 202 Å². The average molecular weight is 990 g/mol. The van der Waals surface area contributed by atoms with Crippen molar-refractivity contribution in [2.75, 3.05) is 9.80 Å². The van der Waals surface area contributed by atoms with Gasteiger partial charge in [0.1, 0.15) is 11.2 Å². The van der Waals surface area contributed by atoms with Crippen LogP contribution in [-0.4, -0.2) is 11.3 Å². The second-order valence-corrected chi connectivity index (χ2v) is 25.4. The van der Waals surface area contributed by atoms with Crippen LogP contribution in [0.4, 0.5) is 34.1 Å². The van der Waals surface area contributed by atoms with Gasteiger partial charge >= 0.3 is 0 Å². The smallest absolute Gasteiger partial charge is 0.252 e. The molecule has 5 heteroatoms. The van der Waals surface area contributed by atoms with Gasteiger partial charge in [0.25, 0.3) is 6.71 Å². The van der Waals surface area contributed by atoms with E-state index in [0.29, 0.717) is 0 Å². The Hall–Kier alpha value is -7.76. The van der Waals surface area contributed by atoms with Gasteiger partial charge in [-0.3, -0.25) is 0 Å². The number of aryl methyl sites for hydroxylation is 5. The molecule has 76 heavy (non-hydrogen) atoms. The summed E-state index contributed by atoms with van der Waals surface area (Å²) >= 11 is 0. The van der Waals surface area contributed by atoms with Crippen LogP contribution in [0.15, 0.2) is 162 Å². The maximum atomic E-state index is 6.64. The van der Waals surface area contributed by atoms with E-state index in [1.54, 1.807) is 0 Å². The van der Waals surface area contributed by atoms with Gasteiger partial charge in [0.2, 0.25) is 0 Å². The number of hydrogen-bond acceptors (Lipinski definition) is 3. The van der Waals surface area contributed by atoms with Crippen LogP contribution in [0.3, 0.4) is 0 Å². The molecular weight excluding hydrogens is 922 g/mol. The van der Waals surface area contributed by atoms with Crippen molar-refractivity contribution < 1.29 is 4.42 Å². The van der Waals surface area contributed by atoms with E-state index >= 15 is 0 Å². The lowest BCUT2D eigenvalue weighted by Crippen LogP contribution is -2.61. The summed E-state index contributed by atoms with van der Waals surface area (Å²) in [5.74, 6) is 0. The minimum Gasteiger partial charge on any atom is -0.455 e. The third-order valence-corrected chi connectivity index (χ3v) is 16.9. The van der Waals surface area contributed by atoms with Crippen molar-refractivity contribution in [2.24, 2.45) is 0 Å². The molecule has 0 N–H and O–H groups in total. The Morgan fingerprint density at radius 2 is 0.961 bits per heavy atom. The quantitative estimate of drug-likeness (QED) is 0.164.